The van der Waals surface area contributed by atoms with Gasteiger partial charge in [0.05, 0.1) is 14.3 Å². The van der Waals surface area contributed by atoms with E-state index < -0.39 is 15.6 Å². The van der Waals surface area contributed by atoms with Crippen molar-refractivity contribution in [3.63, 3.8) is 0 Å². The number of aryl methyl sites for hydroxylation is 1. The molecule has 0 aliphatic heterocycles. The number of hydrogen-bond donors (Lipinski definition) is 2. The van der Waals surface area contributed by atoms with E-state index in [0.717, 1.165) is 21.5 Å². The van der Waals surface area contributed by atoms with E-state index in [1.165, 1.54) is 11.3 Å². The predicted molar refractivity (Wildman–Crippen MR) is 84.5 cm³/mol. The molecule has 2 unspecified atom stereocenters. The van der Waals surface area contributed by atoms with E-state index in [-0.39, 0.29) is 6.54 Å². The van der Waals surface area contributed by atoms with E-state index in [0.29, 0.717) is 23.7 Å². The summed E-state index contributed by atoms with van der Waals surface area (Å²) >= 11 is 4.69. The highest BCUT2D eigenvalue weighted by atomic mass is 79.9. The number of sulfonamides is 1. The molecule has 0 radical (unpaired) electrons. The Morgan fingerprint density at radius 2 is 2.30 bits per heavy atom. The Balaban J connectivity index is 2.08. The number of rotatable bonds is 4. The molecule has 0 amide bonds. The lowest BCUT2D eigenvalue weighted by atomic mass is 9.79. The summed E-state index contributed by atoms with van der Waals surface area (Å²) in [5.74, 6) is 0.440. The fourth-order valence-electron chi connectivity index (χ4n) is 2.80. The zero-order chi connectivity index (χ0) is 15.0. The van der Waals surface area contributed by atoms with Crippen LogP contribution in [-0.2, 0) is 10.0 Å². The lowest BCUT2D eigenvalue weighted by Crippen LogP contribution is -2.45. The number of nitrogens with one attached hydrogen (secondary N) is 1. The number of hydrogen-bond acceptors (Lipinski definition) is 4. The first-order valence-electron chi connectivity index (χ1n) is 6.70. The molecule has 1 aromatic heterocycles. The Labute approximate surface area is 132 Å². The molecule has 1 aliphatic carbocycles. The molecule has 0 spiro atoms. The van der Waals surface area contributed by atoms with Crippen molar-refractivity contribution in [1.29, 1.82) is 0 Å². The highest BCUT2D eigenvalue weighted by Crippen LogP contribution is 2.33. The van der Waals surface area contributed by atoms with Gasteiger partial charge in [0, 0.05) is 11.4 Å². The Morgan fingerprint density at radius 3 is 2.85 bits per heavy atom. The topological polar surface area (TPSA) is 66.4 Å². The minimum absolute atomic E-state index is 0.0899. The Kier molecular flexibility index (Phi) is 4.96. The maximum absolute atomic E-state index is 12.3. The van der Waals surface area contributed by atoms with Crippen LogP contribution in [0.5, 0.6) is 0 Å². The summed E-state index contributed by atoms with van der Waals surface area (Å²) in [5, 5.41) is 10.5. The molecule has 2 N–H and O–H groups in total. The van der Waals surface area contributed by atoms with Crippen LogP contribution < -0.4 is 4.72 Å². The minimum atomic E-state index is -3.55. The molecule has 4 nitrogen and oxygen atoms in total. The SMILES string of the molecule is Cc1sc(Br)cc1S(=O)(=O)NCC1(O)CCCC(C)C1. The smallest absolute Gasteiger partial charge is 0.241 e. The van der Waals surface area contributed by atoms with Gasteiger partial charge in [-0.15, -0.1) is 11.3 Å². The molecular formula is C13H20BrNO3S2. The third-order valence-electron chi connectivity index (χ3n) is 3.79. The van der Waals surface area contributed by atoms with Gasteiger partial charge >= 0.3 is 0 Å². The van der Waals surface area contributed by atoms with Gasteiger partial charge in [0.1, 0.15) is 0 Å². The maximum Gasteiger partial charge on any atom is 0.241 e. The molecule has 0 bridgehead atoms. The lowest BCUT2D eigenvalue weighted by molar-refractivity contribution is -0.00751. The van der Waals surface area contributed by atoms with Crippen LogP contribution in [0, 0.1) is 12.8 Å². The third kappa shape index (κ3) is 3.82. The molecular weight excluding hydrogens is 362 g/mol. The van der Waals surface area contributed by atoms with Crippen LogP contribution in [0.25, 0.3) is 0 Å². The molecule has 1 aliphatic rings. The van der Waals surface area contributed by atoms with Crippen LogP contribution in [0.3, 0.4) is 0 Å². The van der Waals surface area contributed by atoms with Crippen molar-refractivity contribution in [3.05, 3.63) is 14.7 Å². The fourth-order valence-corrected chi connectivity index (χ4v) is 6.33. The van der Waals surface area contributed by atoms with Crippen LogP contribution in [0.2, 0.25) is 0 Å². The third-order valence-corrected chi connectivity index (χ3v) is 7.00. The first kappa shape index (κ1) is 16.4. The van der Waals surface area contributed by atoms with Crippen molar-refractivity contribution in [2.24, 2.45) is 5.92 Å². The van der Waals surface area contributed by atoms with Gasteiger partial charge in [-0.05, 0) is 47.7 Å². The zero-order valence-electron chi connectivity index (χ0n) is 11.6. The molecule has 1 saturated carbocycles. The highest BCUT2D eigenvalue weighted by Gasteiger charge is 2.34. The average Bonchev–Trinajstić information content (AvgIpc) is 2.67. The van der Waals surface area contributed by atoms with Gasteiger partial charge in [0.2, 0.25) is 10.0 Å². The molecule has 7 heteroatoms. The van der Waals surface area contributed by atoms with E-state index in [1.54, 1.807) is 13.0 Å². The van der Waals surface area contributed by atoms with Crippen molar-refractivity contribution >= 4 is 37.3 Å². The van der Waals surface area contributed by atoms with Gasteiger partial charge in [-0.3, -0.25) is 0 Å². The average molecular weight is 382 g/mol. The molecule has 20 heavy (non-hydrogen) atoms. The van der Waals surface area contributed by atoms with Gasteiger partial charge in [-0.2, -0.15) is 0 Å². The lowest BCUT2D eigenvalue weighted by Gasteiger charge is -2.35. The first-order chi connectivity index (χ1) is 9.22. The van der Waals surface area contributed by atoms with Crippen LogP contribution in [-0.4, -0.2) is 25.7 Å². The van der Waals surface area contributed by atoms with Crippen molar-refractivity contribution < 1.29 is 13.5 Å². The predicted octanol–water partition coefficient (Wildman–Crippen LogP) is 3.04. The number of halogens is 1. The van der Waals surface area contributed by atoms with Crippen LogP contribution in [0.15, 0.2) is 14.7 Å². The summed E-state index contributed by atoms with van der Waals surface area (Å²) in [6.45, 7) is 3.97. The second-order valence-electron chi connectivity index (χ2n) is 5.72. The molecule has 1 fully saturated rings. The number of thiophene rings is 1. The quantitative estimate of drug-likeness (QED) is 0.841. The monoisotopic (exact) mass is 381 g/mol. The van der Waals surface area contributed by atoms with Gasteiger partial charge in [-0.25, -0.2) is 13.1 Å². The van der Waals surface area contributed by atoms with E-state index in [4.69, 9.17) is 0 Å². The minimum Gasteiger partial charge on any atom is -0.389 e. The summed E-state index contributed by atoms with van der Waals surface area (Å²) in [6, 6.07) is 1.61. The highest BCUT2D eigenvalue weighted by molar-refractivity contribution is 9.11. The summed E-state index contributed by atoms with van der Waals surface area (Å²) < 4.78 is 28.0. The van der Waals surface area contributed by atoms with E-state index >= 15 is 0 Å². The van der Waals surface area contributed by atoms with Crippen molar-refractivity contribution in [2.75, 3.05) is 6.54 Å². The first-order valence-corrected chi connectivity index (χ1v) is 9.79. The second kappa shape index (κ2) is 6.04. The van der Waals surface area contributed by atoms with Crippen LogP contribution in [0.4, 0.5) is 0 Å². The van der Waals surface area contributed by atoms with Gasteiger partial charge in [-0.1, -0.05) is 19.8 Å². The Morgan fingerprint density at radius 1 is 1.60 bits per heavy atom. The molecule has 2 rings (SSSR count). The van der Waals surface area contributed by atoms with Gasteiger partial charge in [0.25, 0.3) is 0 Å². The standard InChI is InChI=1S/C13H20BrNO3S2/c1-9-4-3-5-13(16,7-9)8-15-20(17,18)11-6-12(14)19-10(11)2/h6,9,15-16H,3-5,7-8H2,1-2H3. The van der Waals surface area contributed by atoms with Crippen LogP contribution in [0.1, 0.15) is 37.5 Å². The van der Waals surface area contributed by atoms with Crippen molar-refractivity contribution in [2.45, 2.75) is 50.0 Å². The normalized spacial score (nSPS) is 27.7. The van der Waals surface area contributed by atoms with Crippen molar-refractivity contribution in [1.82, 2.24) is 4.72 Å². The molecule has 114 valence electrons. The molecule has 1 aromatic rings. The van der Waals surface area contributed by atoms with E-state index in [1.807, 2.05) is 0 Å². The van der Waals surface area contributed by atoms with E-state index in [9.17, 15) is 13.5 Å². The summed E-state index contributed by atoms with van der Waals surface area (Å²) in [6.07, 6.45) is 3.36. The summed E-state index contributed by atoms with van der Waals surface area (Å²) in [5.41, 5.74) is -0.911. The molecule has 1 heterocycles. The maximum atomic E-state index is 12.3. The van der Waals surface area contributed by atoms with Crippen molar-refractivity contribution in [3.8, 4) is 0 Å². The fraction of sp³-hybridized carbons (Fsp3) is 0.692. The molecule has 2 atom stereocenters. The van der Waals surface area contributed by atoms with Gasteiger partial charge in [0.15, 0.2) is 0 Å². The summed E-state index contributed by atoms with van der Waals surface area (Å²) in [4.78, 5) is 1.04. The molecule has 0 aromatic carbocycles. The van der Waals surface area contributed by atoms with E-state index in [2.05, 4.69) is 27.6 Å². The Hall–Kier alpha value is 0.0500. The number of aliphatic hydroxyl groups is 1. The van der Waals surface area contributed by atoms with Crippen LogP contribution >= 0.6 is 27.3 Å². The van der Waals surface area contributed by atoms with Gasteiger partial charge < -0.3 is 5.11 Å². The largest absolute Gasteiger partial charge is 0.389 e. The zero-order valence-corrected chi connectivity index (χ0v) is 14.9. The Bertz CT molecular complexity index is 584. The second-order valence-corrected chi connectivity index (χ2v) is 10.1. The summed E-state index contributed by atoms with van der Waals surface area (Å²) in [7, 11) is -3.55. The molecule has 0 saturated heterocycles.